The van der Waals surface area contributed by atoms with Crippen molar-refractivity contribution in [1.29, 1.82) is 0 Å². The Kier molecular flexibility index (Phi) is 7.85. The minimum Gasteiger partial charge on any atom is -0.456 e. The molecular formula is C61H39NO. The van der Waals surface area contributed by atoms with Gasteiger partial charge in [0.1, 0.15) is 11.2 Å². The summed E-state index contributed by atoms with van der Waals surface area (Å²) in [5, 5.41) is 2.29. The van der Waals surface area contributed by atoms with Crippen molar-refractivity contribution in [1.82, 2.24) is 0 Å². The van der Waals surface area contributed by atoms with E-state index >= 15 is 0 Å². The highest BCUT2D eigenvalue weighted by molar-refractivity contribution is 6.18. The van der Waals surface area contributed by atoms with Gasteiger partial charge in [-0.25, -0.2) is 0 Å². The Labute approximate surface area is 366 Å². The molecule has 13 rings (SSSR count). The monoisotopic (exact) mass is 801 g/mol. The number of hydrogen-bond donors (Lipinski definition) is 0. The predicted octanol–water partition coefficient (Wildman–Crippen LogP) is 16.4. The van der Waals surface area contributed by atoms with Gasteiger partial charge in [0, 0.05) is 33.4 Å². The average Bonchev–Trinajstić information content (AvgIpc) is 3.98. The van der Waals surface area contributed by atoms with Crippen LogP contribution in [0.25, 0.3) is 77.6 Å². The van der Waals surface area contributed by atoms with Gasteiger partial charge in [0.2, 0.25) is 0 Å². The molecule has 10 aromatic carbocycles. The Bertz CT molecular complexity index is 3490. The molecule has 0 fully saturated rings. The fourth-order valence-electron chi connectivity index (χ4n) is 10.8. The minimum atomic E-state index is -0.595. The van der Waals surface area contributed by atoms with E-state index in [1.807, 2.05) is 0 Å². The van der Waals surface area contributed by atoms with Gasteiger partial charge in [-0.1, -0.05) is 188 Å². The first-order valence-electron chi connectivity index (χ1n) is 21.8. The lowest BCUT2D eigenvalue weighted by molar-refractivity contribution is 0.666. The van der Waals surface area contributed by atoms with E-state index in [-0.39, 0.29) is 0 Å². The molecule has 1 spiro atoms. The fourth-order valence-corrected chi connectivity index (χ4v) is 10.8. The zero-order chi connectivity index (χ0) is 41.5. The summed E-state index contributed by atoms with van der Waals surface area (Å²) < 4.78 is 6.85. The van der Waals surface area contributed by atoms with Crippen LogP contribution in [-0.2, 0) is 5.41 Å². The largest absolute Gasteiger partial charge is 0.456 e. The number of nitrogens with zero attached hydrogens (tertiary/aromatic N) is 1. The molecular weight excluding hydrogens is 763 g/mol. The van der Waals surface area contributed by atoms with Crippen LogP contribution in [0.15, 0.2) is 241 Å². The second-order valence-corrected chi connectivity index (χ2v) is 16.7. The van der Waals surface area contributed by atoms with Crippen LogP contribution >= 0.6 is 0 Å². The zero-order valence-corrected chi connectivity index (χ0v) is 34.4. The predicted molar refractivity (Wildman–Crippen MR) is 261 cm³/mol. The molecule has 0 N–H and O–H groups in total. The molecule has 0 aliphatic heterocycles. The number of furan rings is 1. The van der Waals surface area contributed by atoms with Crippen LogP contribution in [0.5, 0.6) is 0 Å². The number of anilines is 3. The summed E-state index contributed by atoms with van der Waals surface area (Å²) in [6.07, 6.45) is 0. The second kappa shape index (κ2) is 13.9. The Morgan fingerprint density at radius 2 is 0.794 bits per heavy atom. The normalized spacial score (nSPS) is 12.9. The molecule has 11 aromatic rings. The highest BCUT2D eigenvalue weighted by atomic mass is 16.3. The summed E-state index contributed by atoms with van der Waals surface area (Å²) >= 11 is 0. The highest BCUT2D eigenvalue weighted by Gasteiger charge is 2.53. The first kappa shape index (κ1) is 35.5. The van der Waals surface area contributed by atoms with Crippen molar-refractivity contribution in [3.05, 3.63) is 259 Å². The molecule has 63 heavy (non-hydrogen) atoms. The molecule has 0 radical (unpaired) electrons. The van der Waals surface area contributed by atoms with E-state index < -0.39 is 5.41 Å². The van der Waals surface area contributed by atoms with E-state index in [1.54, 1.807) is 0 Å². The number of fused-ring (bicyclic) bond motifs is 13. The van der Waals surface area contributed by atoms with Gasteiger partial charge < -0.3 is 9.32 Å². The third-order valence-electron chi connectivity index (χ3n) is 13.5. The summed E-state index contributed by atoms with van der Waals surface area (Å²) in [4.78, 5) is 2.41. The summed E-state index contributed by atoms with van der Waals surface area (Å²) in [6, 6.07) is 86.3. The molecule has 0 bridgehead atoms. The van der Waals surface area contributed by atoms with Crippen molar-refractivity contribution in [2.45, 2.75) is 5.41 Å². The van der Waals surface area contributed by atoms with E-state index in [1.165, 1.54) is 77.9 Å². The molecule has 0 amide bonds. The lowest BCUT2D eigenvalue weighted by Crippen LogP contribution is -2.26. The third kappa shape index (κ3) is 5.25. The van der Waals surface area contributed by atoms with Gasteiger partial charge in [-0.05, 0) is 121 Å². The molecule has 2 heteroatoms. The van der Waals surface area contributed by atoms with E-state index in [0.717, 1.165) is 39.0 Å². The Morgan fingerprint density at radius 1 is 0.302 bits per heavy atom. The van der Waals surface area contributed by atoms with Crippen molar-refractivity contribution < 1.29 is 4.42 Å². The van der Waals surface area contributed by atoms with Crippen molar-refractivity contribution in [3.8, 4) is 55.6 Å². The Morgan fingerprint density at radius 3 is 1.44 bits per heavy atom. The van der Waals surface area contributed by atoms with Crippen molar-refractivity contribution in [3.63, 3.8) is 0 Å². The maximum atomic E-state index is 6.85. The average molecular weight is 802 g/mol. The van der Waals surface area contributed by atoms with E-state index in [0.29, 0.717) is 0 Å². The van der Waals surface area contributed by atoms with Gasteiger partial charge in [-0.3, -0.25) is 0 Å². The van der Waals surface area contributed by atoms with Crippen LogP contribution in [0.2, 0.25) is 0 Å². The Hall–Kier alpha value is -8.20. The van der Waals surface area contributed by atoms with Crippen molar-refractivity contribution >= 4 is 39.0 Å². The van der Waals surface area contributed by atoms with E-state index in [2.05, 4.69) is 241 Å². The summed E-state index contributed by atoms with van der Waals surface area (Å²) in [5.41, 5.74) is 21.9. The second-order valence-electron chi connectivity index (χ2n) is 16.7. The first-order chi connectivity index (χ1) is 31.3. The van der Waals surface area contributed by atoms with Crippen LogP contribution in [0.3, 0.4) is 0 Å². The lowest BCUT2D eigenvalue weighted by Gasteiger charge is -2.32. The van der Waals surface area contributed by atoms with Crippen molar-refractivity contribution in [2.75, 3.05) is 4.90 Å². The Balaban J connectivity index is 1.05. The highest BCUT2D eigenvalue weighted by Crippen LogP contribution is 2.66. The van der Waals surface area contributed by atoms with Gasteiger partial charge in [-0.2, -0.15) is 0 Å². The molecule has 0 saturated heterocycles. The van der Waals surface area contributed by atoms with Gasteiger partial charge in [-0.15, -0.1) is 0 Å². The molecule has 0 saturated carbocycles. The number of para-hydroxylation sites is 2. The molecule has 1 heterocycles. The van der Waals surface area contributed by atoms with Crippen LogP contribution in [0, 0.1) is 0 Å². The maximum Gasteiger partial charge on any atom is 0.136 e. The van der Waals surface area contributed by atoms with Gasteiger partial charge in [0.25, 0.3) is 0 Å². The SMILES string of the molecule is c1ccc(-c2ccc(-c3ccc(N(c4ccccc4)c4ccc5c(c4)C4(c6ccccc6-c6ccccc64)c4cc6oc7ccccc7c6c(-c6ccccc6)c4-5)cc3)cc2)cc1. The van der Waals surface area contributed by atoms with Crippen LogP contribution in [-0.4, -0.2) is 0 Å². The minimum absolute atomic E-state index is 0.595. The molecule has 1 aromatic heterocycles. The van der Waals surface area contributed by atoms with Crippen molar-refractivity contribution in [2.24, 2.45) is 0 Å². The molecule has 294 valence electrons. The topological polar surface area (TPSA) is 16.4 Å². The fraction of sp³-hybridized carbons (Fsp3) is 0.0164. The molecule has 0 atom stereocenters. The standard InChI is InChI=1S/C61H39NO/c1-4-16-40(17-5-1)41-28-30-42(31-29-41)43-32-34-46(35-33-43)62(45-20-8-3-9-21-45)47-36-37-50-54(38-47)61(52-25-13-10-22-48(52)49-23-11-14-26-53(49)61)55-39-57-60(51-24-12-15-27-56(51)63-57)58(59(50)55)44-18-6-2-7-19-44/h1-39H. The number of hydrogen-bond acceptors (Lipinski definition) is 2. The first-order valence-corrected chi connectivity index (χ1v) is 21.8. The molecule has 0 unspecified atom stereocenters. The molecule has 2 aliphatic rings. The van der Waals surface area contributed by atoms with Crippen LogP contribution in [0.4, 0.5) is 17.1 Å². The van der Waals surface area contributed by atoms with E-state index in [9.17, 15) is 0 Å². The van der Waals surface area contributed by atoms with Gasteiger partial charge >= 0.3 is 0 Å². The molecule has 2 nitrogen and oxygen atoms in total. The smallest absolute Gasteiger partial charge is 0.136 e. The van der Waals surface area contributed by atoms with Gasteiger partial charge in [0.15, 0.2) is 0 Å². The van der Waals surface area contributed by atoms with E-state index in [4.69, 9.17) is 4.42 Å². The zero-order valence-electron chi connectivity index (χ0n) is 34.4. The number of benzene rings is 10. The summed E-state index contributed by atoms with van der Waals surface area (Å²) in [5.74, 6) is 0. The quantitative estimate of drug-likeness (QED) is 0.167. The third-order valence-corrected chi connectivity index (χ3v) is 13.5. The lowest BCUT2D eigenvalue weighted by atomic mass is 9.70. The molecule has 2 aliphatic carbocycles. The summed E-state index contributed by atoms with van der Waals surface area (Å²) in [7, 11) is 0. The van der Waals surface area contributed by atoms with Crippen LogP contribution < -0.4 is 4.90 Å². The van der Waals surface area contributed by atoms with Gasteiger partial charge in [0.05, 0.1) is 5.41 Å². The maximum absolute atomic E-state index is 6.85. The van der Waals surface area contributed by atoms with Crippen LogP contribution in [0.1, 0.15) is 22.3 Å². The number of rotatable bonds is 6. The summed E-state index contributed by atoms with van der Waals surface area (Å²) in [6.45, 7) is 0.